The maximum absolute atomic E-state index is 11.5. The number of aliphatic imine (C=N–C) groups is 1. The quantitative estimate of drug-likeness (QED) is 0.451. The molecule has 1 heterocycles. The number of piperidine rings is 1. The maximum atomic E-state index is 11.5. The van der Waals surface area contributed by atoms with Crippen LogP contribution in [0.5, 0.6) is 0 Å². The molecule has 0 aliphatic carbocycles. The Bertz CT molecular complexity index is 515. The Labute approximate surface area is 149 Å². The predicted octanol–water partition coefficient (Wildman–Crippen LogP) is 2.21. The van der Waals surface area contributed by atoms with Crippen molar-refractivity contribution in [1.29, 1.82) is 0 Å². The highest BCUT2D eigenvalue weighted by molar-refractivity contribution is 14.0. The molecule has 0 radical (unpaired) electrons. The maximum Gasteiger partial charge on any atom is 0.251 e. The molecule has 6 heteroatoms. The minimum Gasteiger partial charge on any atom is -0.370 e. The number of benzene rings is 1. The van der Waals surface area contributed by atoms with Crippen LogP contribution >= 0.6 is 24.0 Å². The molecular weight excluding hydrogens is 391 g/mol. The van der Waals surface area contributed by atoms with Gasteiger partial charge in [0.25, 0.3) is 5.91 Å². The number of carbonyl (C=O) groups excluding carboxylic acids is 1. The molecule has 22 heavy (non-hydrogen) atoms. The Morgan fingerprint density at radius 1 is 1.41 bits per heavy atom. The molecule has 0 spiro atoms. The topological polar surface area (TPSA) is 70.7 Å². The standard InChI is InChI=1S/C16H24N4O.HI/c1-12-4-3-9-20(11-12)16(17)19-10-13-5-7-14(8-6-13)15(21)18-2;/h5-8,12H,3-4,9-11H2,1-2H3,(H2,17,19)(H,18,21);1H. The second-order valence-corrected chi connectivity index (χ2v) is 5.64. The summed E-state index contributed by atoms with van der Waals surface area (Å²) in [6.07, 6.45) is 2.45. The Morgan fingerprint density at radius 3 is 2.68 bits per heavy atom. The van der Waals surface area contributed by atoms with Crippen molar-refractivity contribution in [3.05, 3.63) is 35.4 Å². The molecule has 1 amide bonds. The minimum atomic E-state index is -0.0770. The number of nitrogens with zero attached hydrogens (tertiary/aromatic N) is 2. The minimum absolute atomic E-state index is 0. The van der Waals surface area contributed by atoms with Gasteiger partial charge in [0.05, 0.1) is 6.54 Å². The number of nitrogens with one attached hydrogen (secondary N) is 1. The Morgan fingerprint density at radius 2 is 2.09 bits per heavy atom. The van der Waals surface area contributed by atoms with Crippen LogP contribution in [0.2, 0.25) is 0 Å². The predicted molar refractivity (Wildman–Crippen MR) is 101 cm³/mol. The number of rotatable bonds is 3. The lowest BCUT2D eigenvalue weighted by Crippen LogP contribution is -2.43. The lowest BCUT2D eigenvalue weighted by atomic mass is 10.0. The summed E-state index contributed by atoms with van der Waals surface area (Å²) in [6.45, 7) is 4.78. The van der Waals surface area contributed by atoms with Gasteiger partial charge in [-0.2, -0.15) is 0 Å². The third kappa shape index (κ3) is 5.15. The molecule has 1 aliphatic rings. The molecular formula is C16H25IN4O. The van der Waals surface area contributed by atoms with E-state index < -0.39 is 0 Å². The highest BCUT2D eigenvalue weighted by Crippen LogP contribution is 2.15. The first kappa shape index (κ1) is 18.7. The van der Waals surface area contributed by atoms with Crippen molar-refractivity contribution in [3.63, 3.8) is 0 Å². The SMILES string of the molecule is CNC(=O)c1ccc(CN=C(N)N2CCCC(C)C2)cc1.I. The zero-order valence-electron chi connectivity index (χ0n) is 13.2. The van der Waals surface area contributed by atoms with Gasteiger partial charge < -0.3 is 16.0 Å². The van der Waals surface area contributed by atoms with Crippen molar-refractivity contribution in [2.75, 3.05) is 20.1 Å². The molecule has 1 aromatic rings. The molecule has 1 fully saturated rings. The lowest BCUT2D eigenvalue weighted by Gasteiger charge is -2.31. The number of guanidine groups is 1. The van der Waals surface area contributed by atoms with E-state index in [0.29, 0.717) is 24.0 Å². The van der Waals surface area contributed by atoms with Crippen LogP contribution in [0.15, 0.2) is 29.3 Å². The molecule has 0 bridgehead atoms. The van der Waals surface area contributed by atoms with Gasteiger partial charge in [-0.3, -0.25) is 4.79 Å². The molecule has 0 saturated carbocycles. The first-order valence-electron chi connectivity index (χ1n) is 7.46. The number of nitrogens with two attached hydrogens (primary N) is 1. The van der Waals surface area contributed by atoms with Crippen molar-refractivity contribution in [2.45, 2.75) is 26.3 Å². The van der Waals surface area contributed by atoms with Crippen molar-refractivity contribution in [1.82, 2.24) is 10.2 Å². The van der Waals surface area contributed by atoms with Crippen LogP contribution < -0.4 is 11.1 Å². The van der Waals surface area contributed by atoms with Gasteiger partial charge in [0.1, 0.15) is 0 Å². The summed E-state index contributed by atoms with van der Waals surface area (Å²) in [5.41, 5.74) is 7.78. The highest BCUT2D eigenvalue weighted by atomic mass is 127. The fraction of sp³-hybridized carbons (Fsp3) is 0.500. The van der Waals surface area contributed by atoms with Crippen LogP contribution in [0.4, 0.5) is 0 Å². The van der Waals surface area contributed by atoms with Crippen molar-refractivity contribution >= 4 is 35.8 Å². The van der Waals surface area contributed by atoms with Crippen LogP contribution in [-0.4, -0.2) is 36.9 Å². The molecule has 1 unspecified atom stereocenters. The average Bonchev–Trinajstić information content (AvgIpc) is 2.52. The van der Waals surface area contributed by atoms with Gasteiger partial charge in [-0.15, -0.1) is 24.0 Å². The molecule has 1 aromatic carbocycles. The summed E-state index contributed by atoms with van der Waals surface area (Å²) in [6, 6.07) is 7.45. The molecule has 122 valence electrons. The summed E-state index contributed by atoms with van der Waals surface area (Å²) >= 11 is 0. The van der Waals surface area contributed by atoms with Gasteiger partial charge in [-0.05, 0) is 36.5 Å². The summed E-state index contributed by atoms with van der Waals surface area (Å²) in [7, 11) is 1.63. The Kier molecular flexibility index (Phi) is 7.64. The summed E-state index contributed by atoms with van der Waals surface area (Å²) in [5, 5.41) is 2.60. The average molecular weight is 416 g/mol. The highest BCUT2D eigenvalue weighted by Gasteiger charge is 2.17. The van der Waals surface area contributed by atoms with E-state index in [9.17, 15) is 4.79 Å². The fourth-order valence-electron chi connectivity index (χ4n) is 2.58. The second kappa shape index (κ2) is 8.97. The van der Waals surface area contributed by atoms with Gasteiger partial charge in [0.2, 0.25) is 0 Å². The molecule has 5 nitrogen and oxygen atoms in total. The van der Waals surface area contributed by atoms with E-state index in [-0.39, 0.29) is 29.9 Å². The van der Waals surface area contributed by atoms with Crippen LogP contribution in [0, 0.1) is 5.92 Å². The molecule has 3 N–H and O–H groups in total. The van der Waals surface area contributed by atoms with Gasteiger partial charge >= 0.3 is 0 Å². The number of amides is 1. The van der Waals surface area contributed by atoms with E-state index >= 15 is 0 Å². The number of hydrogen-bond donors (Lipinski definition) is 2. The van der Waals surface area contributed by atoms with Crippen molar-refractivity contribution < 1.29 is 4.79 Å². The smallest absolute Gasteiger partial charge is 0.251 e. The monoisotopic (exact) mass is 416 g/mol. The lowest BCUT2D eigenvalue weighted by molar-refractivity contribution is 0.0963. The molecule has 1 aliphatic heterocycles. The van der Waals surface area contributed by atoms with Gasteiger partial charge in [0.15, 0.2) is 5.96 Å². The Balaban J connectivity index is 0.00000242. The van der Waals surface area contributed by atoms with Crippen molar-refractivity contribution in [2.24, 2.45) is 16.6 Å². The number of likely N-dealkylation sites (tertiary alicyclic amines) is 1. The molecule has 1 atom stereocenters. The fourth-order valence-corrected chi connectivity index (χ4v) is 2.58. The van der Waals surface area contributed by atoms with Gasteiger partial charge in [-0.25, -0.2) is 4.99 Å². The van der Waals surface area contributed by atoms with Crippen LogP contribution in [-0.2, 0) is 6.54 Å². The molecule has 0 aromatic heterocycles. The van der Waals surface area contributed by atoms with E-state index in [4.69, 9.17) is 5.73 Å². The summed E-state index contributed by atoms with van der Waals surface area (Å²) in [4.78, 5) is 18.1. The summed E-state index contributed by atoms with van der Waals surface area (Å²) < 4.78 is 0. The summed E-state index contributed by atoms with van der Waals surface area (Å²) in [5.74, 6) is 1.23. The zero-order chi connectivity index (χ0) is 15.2. The Hall–Kier alpha value is -1.31. The zero-order valence-corrected chi connectivity index (χ0v) is 15.5. The first-order chi connectivity index (χ1) is 10.1. The van der Waals surface area contributed by atoms with Gasteiger partial charge in [0, 0.05) is 25.7 Å². The second-order valence-electron chi connectivity index (χ2n) is 5.64. The van der Waals surface area contributed by atoms with Crippen LogP contribution in [0.1, 0.15) is 35.7 Å². The van der Waals surface area contributed by atoms with Crippen molar-refractivity contribution in [3.8, 4) is 0 Å². The number of hydrogen-bond acceptors (Lipinski definition) is 2. The van der Waals surface area contributed by atoms with Gasteiger partial charge in [-0.1, -0.05) is 19.1 Å². The normalized spacial score (nSPS) is 18.5. The molecule has 2 rings (SSSR count). The van der Waals surface area contributed by atoms with Crippen LogP contribution in [0.25, 0.3) is 0 Å². The third-order valence-corrected chi connectivity index (χ3v) is 3.85. The number of halogens is 1. The van der Waals surface area contributed by atoms with E-state index in [1.54, 1.807) is 7.05 Å². The first-order valence-corrected chi connectivity index (χ1v) is 7.46. The van der Waals surface area contributed by atoms with E-state index in [2.05, 4.69) is 22.1 Å². The van der Waals surface area contributed by atoms with E-state index in [1.807, 2.05) is 24.3 Å². The third-order valence-electron chi connectivity index (χ3n) is 3.85. The molecule has 1 saturated heterocycles. The number of carbonyl (C=O) groups is 1. The van der Waals surface area contributed by atoms with E-state index in [1.165, 1.54) is 12.8 Å². The largest absolute Gasteiger partial charge is 0.370 e. The van der Waals surface area contributed by atoms with E-state index in [0.717, 1.165) is 18.7 Å². The van der Waals surface area contributed by atoms with Crippen LogP contribution in [0.3, 0.4) is 0 Å².